The lowest BCUT2D eigenvalue weighted by Crippen LogP contribution is -2.19. The summed E-state index contributed by atoms with van der Waals surface area (Å²) in [5.74, 6) is -0.636. The Balaban J connectivity index is 2.10. The van der Waals surface area contributed by atoms with Crippen molar-refractivity contribution >= 4 is 33.2 Å². The molecule has 8 heteroatoms. The van der Waals surface area contributed by atoms with Crippen molar-refractivity contribution < 1.29 is 18.0 Å². The van der Waals surface area contributed by atoms with Crippen LogP contribution in [-0.4, -0.2) is 15.3 Å². The highest BCUT2D eigenvalue weighted by molar-refractivity contribution is 9.10. The number of nitrogens with one attached hydrogen (secondary N) is 1. The van der Waals surface area contributed by atoms with Crippen LogP contribution < -0.4 is 5.32 Å². The van der Waals surface area contributed by atoms with Gasteiger partial charge in [0.1, 0.15) is 5.69 Å². The van der Waals surface area contributed by atoms with Gasteiger partial charge in [-0.1, -0.05) is 19.1 Å². The summed E-state index contributed by atoms with van der Waals surface area (Å²) < 4.78 is 41.8. The number of para-hydroxylation sites is 1. The molecule has 1 amide bonds. The highest BCUT2D eigenvalue weighted by Crippen LogP contribution is 2.35. The van der Waals surface area contributed by atoms with Crippen molar-refractivity contribution in [2.24, 2.45) is 0 Å². The number of anilines is 1. The monoisotopic (exact) mass is 425 g/mol. The summed E-state index contributed by atoms with van der Waals surface area (Å²) in [6.07, 6.45) is -2.36. The van der Waals surface area contributed by atoms with Crippen LogP contribution in [0.5, 0.6) is 0 Å². The number of aromatic nitrogens is 2. The van der Waals surface area contributed by atoms with Gasteiger partial charge in [0.05, 0.1) is 21.4 Å². The van der Waals surface area contributed by atoms with E-state index in [0.717, 1.165) is 11.6 Å². The molecule has 3 rings (SSSR count). The Bertz CT molecular complexity index is 995. The van der Waals surface area contributed by atoms with E-state index < -0.39 is 17.6 Å². The number of rotatable bonds is 3. The Morgan fingerprint density at radius 1 is 1.31 bits per heavy atom. The first kappa shape index (κ1) is 18.4. The second kappa shape index (κ2) is 6.75. The highest BCUT2D eigenvalue weighted by Gasteiger charge is 2.34. The lowest BCUT2D eigenvalue weighted by Gasteiger charge is -2.14. The molecule has 136 valence electrons. The maximum Gasteiger partial charge on any atom is 0.418 e. The van der Waals surface area contributed by atoms with Crippen molar-refractivity contribution in [3.8, 4) is 0 Å². The minimum Gasteiger partial charge on any atom is -0.320 e. The number of amides is 1. The number of carbonyl (C=O) groups excluding carboxylic acids is 1. The topological polar surface area (TPSA) is 46.4 Å². The smallest absolute Gasteiger partial charge is 0.320 e. The highest BCUT2D eigenvalue weighted by atomic mass is 79.9. The van der Waals surface area contributed by atoms with E-state index in [1.165, 1.54) is 18.2 Å². The number of fused-ring (bicyclic) bond motifs is 1. The van der Waals surface area contributed by atoms with Gasteiger partial charge in [0, 0.05) is 6.20 Å². The Morgan fingerprint density at radius 3 is 2.65 bits per heavy atom. The lowest BCUT2D eigenvalue weighted by atomic mass is 10.1. The van der Waals surface area contributed by atoms with Gasteiger partial charge in [0.2, 0.25) is 0 Å². The van der Waals surface area contributed by atoms with Crippen LogP contribution in [0.15, 0.2) is 41.0 Å². The van der Waals surface area contributed by atoms with Crippen LogP contribution in [0.1, 0.15) is 34.2 Å². The number of hydrogen-bond acceptors (Lipinski definition) is 2. The van der Waals surface area contributed by atoms with Crippen LogP contribution in [-0.2, 0) is 12.6 Å². The number of imidazole rings is 1. The minimum absolute atomic E-state index is 0.226. The summed E-state index contributed by atoms with van der Waals surface area (Å²) in [5.41, 5.74) is 0.990. The summed E-state index contributed by atoms with van der Waals surface area (Å²) in [5, 5.41) is 2.39. The van der Waals surface area contributed by atoms with Gasteiger partial charge in [-0.05, 0) is 53.0 Å². The molecule has 1 N–H and O–H groups in total. The fraction of sp³-hybridized carbons (Fsp3) is 0.222. The van der Waals surface area contributed by atoms with Crippen LogP contribution in [0, 0.1) is 6.92 Å². The van der Waals surface area contributed by atoms with E-state index in [2.05, 4.69) is 26.2 Å². The third kappa shape index (κ3) is 3.33. The molecule has 26 heavy (non-hydrogen) atoms. The molecule has 0 radical (unpaired) electrons. The molecule has 3 aromatic rings. The molecule has 0 fully saturated rings. The lowest BCUT2D eigenvalue weighted by molar-refractivity contribution is -0.136. The van der Waals surface area contributed by atoms with Crippen molar-refractivity contribution in [2.45, 2.75) is 26.4 Å². The second-order valence-electron chi connectivity index (χ2n) is 5.82. The first-order valence-electron chi connectivity index (χ1n) is 7.87. The van der Waals surface area contributed by atoms with Crippen LogP contribution >= 0.6 is 15.9 Å². The van der Waals surface area contributed by atoms with Crippen LogP contribution in [0.3, 0.4) is 0 Å². The van der Waals surface area contributed by atoms with Crippen LogP contribution in [0.25, 0.3) is 5.65 Å². The van der Waals surface area contributed by atoms with Crippen LogP contribution in [0.4, 0.5) is 18.9 Å². The SMILES string of the molecule is CCc1nc2c(Br)cc(C)cn2c1C(=O)Nc1ccccc1C(F)(F)F. The zero-order chi connectivity index (χ0) is 19.1. The first-order chi connectivity index (χ1) is 12.2. The molecule has 1 aromatic carbocycles. The van der Waals surface area contributed by atoms with E-state index in [4.69, 9.17) is 0 Å². The van der Waals surface area contributed by atoms with E-state index in [9.17, 15) is 18.0 Å². The van der Waals surface area contributed by atoms with Crippen molar-refractivity contribution in [1.82, 2.24) is 9.38 Å². The van der Waals surface area contributed by atoms with Gasteiger partial charge in [-0.3, -0.25) is 9.20 Å². The predicted molar refractivity (Wildman–Crippen MR) is 96.4 cm³/mol. The number of aryl methyl sites for hydroxylation is 2. The van der Waals surface area contributed by atoms with Gasteiger partial charge in [0.25, 0.3) is 5.91 Å². The van der Waals surface area contributed by atoms with Crippen molar-refractivity contribution in [3.05, 3.63) is 63.5 Å². The summed E-state index contributed by atoms with van der Waals surface area (Å²) in [7, 11) is 0. The molecule has 0 unspecified atom stereocenters. The quantitative estimate of drug-likeness (QED) is 0.623. The summed E-state index contributed by atoms with van der Waals surface area (Å²) in [6, 6.07) is 6.76. The molecule has 0 spiro atoms. The number of nitrogens with zero attached hydrogens (tertiary/aromatic N) is 2. The number of benzene rings is 1. The summed E-state index contributed by atoms with van der Waals surface area (Å²) >= 11 is 3.41. The molecule has 2 heterocycles. The molecule has 0 aliphatic heterocycles. The number of pyridine rings is 1. The fourth-order valence-corrected chi connectivity index (χ4v) is 3.43. The Morgan fingerprint density at radius 2 is 2.00 bits per heavy atom. The normalized spacial score (nSPS) is 11.8. The molecular formula is C18H15BrF3N3O. The number of alkyl halides is 3. The average molecular weight is 426 g/mol. The Kier molecular flexibility index (Phi) is 4.79. The summed E-state index contributed by atoms with van der Waals surface area (Å²) in [4.78, 5) is 17.3. The molecule has 0 bridgehead atoms. The molecule has 0 saturated carbocycles. The maximum atomic E-state index is 13.2. The van der Waals surface area contributed by atoms with E-state index in [-0.39, 0.29) is 11.4 Å². The van der Waals surface area contributed by atoms with E-state index in [0.29, 0.717) is 22.2 Å². The van der Waals surface area contributed by atoms with Crippen molar-refractivity contribution in [2.75, 3.05) is 5.32 Å². The molecule has 0 atom stereocenters. The van der Waals surface area contributed by atoms with Gasteiger partial charge >= 0.3 is 6.18 Å². The van der Waals surface area contributed by atoms with Gasteiger partial charge in [-0.15, -0.1) is 0 Å². The van der Waals surface area contributed by atoms with Gasteiger partial charge in [-0.2, -0.15) is 13.2 Å². The molecular weight excluding hydrogens is 411 g/mol. The van der Waals surface area contributed by atoms with Gasteiger partial charge in [-0.25, -0.2) is 4.98 Å². The third-order valence-corrected chi connectivity index (χ3v) is 4.50. The number of hydrogen-bond donors (Lipinski definition) is 1. The predicted octanol–water partition coefficient (Wildman–Crippen LogP) is 5.24. The molecule has 0 saturated heterocycles. The molecule has 2 aromatic heterocycles. The zero-order valence-corrected chi connectivity index (χ0v) is 15.6. The van der Waals surface area contributed by atoms with Gasteiger partial charge in [0.15, 0.2) is 5.65 Å². The second-order valence-corrected chi connectivity index (χ2v) is 6.67. The molecule has 0 aliphatic rings. The standard InChI is InChI=1S/C18H15BrF3N3O/c1-3-13-15(25-9-10(2)8-12(19)16(25)23-13)17(26)24-14-7-5-4-6-11(14)18(20,21)22/h4-9H,3H2,1-2H3,(H,24,26). The Labute approximate surface area is 156 Å². The average Bonchev–Trinajstić information content (AvgIpc) is 2.93. The van der Waals surface area contributed by atoms with Crippen LogP contribution in [0.2, 0.25) is 0 Å². The third-order valence-electron chi connectivity index (χ3n) is 3.91. The molecule has 0 aliphatic carbocycles. The zero-order valence-electron chi connectivity index (χ0n) is 14.0. The molecule has 4 nitrogen and oxygen atoms in total. The largest absolute Gasteiger partial charge is 0.418 e. The fourth-order valence-electron chi connectivity index (χ4n) is 2.79. The minimum atomic E-state index is -4.56. The van der Waals surface area contributed by atoms with Crippen molar-refractivity contribution in [3.63, 3.8) is 0 Å². The maximum absolute atomic E-state index is 13.2. The summed E-state index contributed by atoms with van der Waals surface area (Å²) in [6.45, 7) is 3.69. The van der Waals surface area contributed by atoms with Crippen molar-refractivity contribution in [1.29, 1.82) is 0 Å². The van der Waals surface area contributed by atoms with Gasteiger partial charge < -0.3 is 5.32 Å². The number of halogens is 4. The Hall–Kier alpha value is -2.35. The van der Waals surface area contributed by atoms with E-state index in [1.807, 2.05) is 19.9 Å². The first-order valence-corrected chi connectivity index (χ1v) is 8.66. The van der Waals surface area contributed by atoms with E-state index in [1.54, 1.807) is 10.6 Å². The van der Waals surface area contributed by atoms with E-state index >= 15 is 0 Å². The number of carbonyl (C=O) groups is 1.